The number of fused-ring (bicyclic) bond motifs is 1. The Morgan fingerprint density at radius 1 is 1.15 bits per heavy atom. The van der Waals surface area contributed by atoms with Crippen LogP contribution in [0.1, 0.15) is 15.9 Å². The topological polar surface area (TPSA) is 124 Å². The molecule has 8 heteroatoms. The number of hydrogen-bond donors (Lipinski definition) is 2. The van der Waals surface area contributed by atoms with Crippen LogP contribution < -0.4 is 22.2 Å². The molecule has 3 N–H and O–H groups in total. The van der Waals surface area contributed by atoms with Crippen molar-refractivity contribution in [2.24, 2.45) is 5.73 Å². The van der Waals surface area contributed by atoms with Gasteiger partial charge in [0.1, 0.15) is 12.1 Å². The molecule has 2 aromatic heterocycles. The van der Waals surface area contributed by atoms with E-state index in [0.29, 0.717) is 16.8 Å². The zero-order valence-corrected chi connectivity index (χ0v) is 13.8. The number of hydrogen-bond acceptors (Lipinski definition) is 5. The molecule has 8 nitrogen and oxygen atoms in total. The lowest BCUT2D eigenvalue weighted by Gasteiger charge is -2.09. The van der Waals surface area contributed by atoms with Crippen LogP contribution in [0, 0.1) is 6.92 Å². The molecule has 0 aliphatic rings. The zero-order valence-electron chi connectivity index (χ0n) is 13.8. The van der Waals surface area contributed by atoms with Crippen LogP contribution in [0.25, 0.3) is 11.0 Å². The summed E-state index contributed by atoms with van der Waals surface area (Å²) in [5.74, 6) is -0.985. The van der Waals surface area contributed by atoms with Crippen LogP contribution in [0.4, 0.5) is 5.69 Å². The molecule has 1 aromatic carbocycles. The van der Waals surface area contributed by atoms with Crippen LogP contribution in [0.3, 0.4) is 0 Å². The first kappa shape index (κ1) is 17.2. The van der Waals surface area contributed by atoms with Crippen molar-refractivity contribution in [3.05, 3.63) is 74.5 Å². The van der Waals surface area contributed by atoms with Crippen LogP contribution in [0.2, 0.25) is 0 Å². The monoisotopic (exact) mass is 353 g/mol. The van der Waals surface area contributed by atoms with Gasteiger partial charge in [0.25, 0.3) is 5.56 Å². The lowest BCUT2D eigenvalue weighted by atomic mass is 10.2. The summed E-state index contributed by atoms with van der Waals surface area (Å²) < 4.78 is 6.23. The van der Waals surface area contributed by atoms with Crippen molar-refractivity contribution in [1.29, 1.82) is 0 Å². The Labute approximate surface area is 146 Å². The van der Waals surface area contributed by atoms with Crippen molar-refractivity contribution in [2.45, 2.75) is 13.5 Å². The highest BCUT2D eigenvalue weighted by molar-refractivity contribution is 5.94. The Morgan fingerprint density at radius 3 is 2.50 bits per heavy atom. The number of carbonyl (C=O) groups is 2. The van der Waals surface area contributed by atoms with Gasteiger partial charge in [-0.1, -0.05) is 0 Å². The van der Waals surface area contributed by atoms with Crippen molar-refractivity contribution in [3.63, 3.8) is 0 Å². The minimum Gasteiger partial charge on any atom is -0.422 e. The summed E-state index contributed by atoms with van der Waals surface area (Å²) in [5, 5.41) is 2.89. The zero-order chi connectivity index (χ0) is 18.8. The van der Waals surface area contributed by atoms with Crippen molar-refractivity contribution in [1.82, 2.24) is 4.57 Å². The van der Waals surface area contributed by atoms with E-state index in [9.17, 15) is 19.2 Å². The second-order valence-electron chi connectivity index (χ2n) is 5.73. The van der Waals surface area contributed by atoms with E-state index in [4.69, 9.17) is 10.2 Å². The van der Waals surface area contributed by atoms with E-state index in [0.717, 1.165) is 0 Å². The SMILES string of the molecule is Cc1cc(=O)oc2ccn(CC(=O)Nc3ccc(C(N)=O)cc3)c(=O)c12. The van der Waals surface area contributed by atoms with Gasteiger partial charge in [-0.05, 0) is 42.8 Å². The Balaban J connectivity index is 1.83. The molecule has 0 spiro atoms. The van der Waals surface area contributed by atoms with E-state index in [1.54, 1.807) is 19.1 Å². The molecule has 26 heavy (non-hydrogen) atoms. The first-order valence-corrected chi connectivity index (χ1v) is 7.69. The number of nitrogens with one attached hydrogen (secondary N) is 1. The second kappa shape index (κ2) is 6.67. The number of nitrogens with zero attached hydrogens (tertiary/aromatic N) is 1. The molecular weight excluding hydrogens is 338 g/mol. The normalized spacial score (nSPS) is 10.7. The molecule has 132 valence electrons. The third-order valence-corrected chi connectivity index (χ3v) is 3.83. The maximum absolute atomic E-state index is 12.5. The van der Waals surface area contributed by atoms with Gasteiger partial charge in [0, 0.05) is 23.5 Å². The number of primary amides is 1. The fraction of sp³-hybridized carbons (Fsp3) is 0.111. The standard InChI is InChI=1S/C18H15N3O5/c1-10-8-15(23)26-13-6-7-21(18(25)16(10)13)9-14(22)20-12-4-2-11(3-5-12)17(19)24/h2-8H,9H2,1H3,(H2,19,24)(H,20,22). The van der Waals surface area contributed by atoms with Crippen molar-refractivity contribution < 1.29 is 14.0 Å². The van der Waals surface area contributed by atoms with Gasteiger partial charge >= 0.3 is 5.63 Å². The van der Waals surface area contributed by atoms with Gasteiger partial charge in [-0.2, -0.15) is 0 Å². The fourth-order valence-electron chi connectivity index (χ4n) is 2.59. The minimum absolute atomic E-state index is 0.179. The number of pyridine rings is 1. The van der Waals surface area contributed by atoms with Gasteiger partial charge in [0.2, 0.25) is 11.8 Å². The summed E-state index contributed by atoms with van der Waals surface area (Å²) in [6, 6.07) is 8.77. The smallest absolute Gasteiger partial charge is 0.336 e. The molecule has 0 aliphatic heterocycles. The molecule has 0 saturated carbocycles. The summed E-state index contributed by atoms with van der Waals surface area (Å²) in [4.78, 5) is 47.1. The van der Waals surface area contributed by atoms with Crippen molar-refractivity contribution >= 4 is 28.5 Å². The maximum atomic E-state index is 12.5. The van der Waals surface area contributed by atoms with Gasteiger partial charge in [0.15, 0.2) is 0 Å². The van der Waals surface area contributed by atoms with E-state index in [1.807, 2.05) is 0 Å². The number of carbonyl (C=O) groups excluding carboxylic acids is 2. The number of anilines is 1. The Bertz CT molecular complexity index is 1130. The highest BCUT2D eigenvalue weighted by atomic mass is 16.4. The van der Waals surface area contributed by atoms with Gasteiger partial charge in [-0.25, -0.2) is 4.79 Å². The van der Waals surface area contributed by atoms with E-state index >= 15 is 0 Å². The number of aromatic nitrogens is 1. The molecule has 3 aromatic rings. The van der Waals surface area contributed by atoms with E-state index < -0.39 is 23.0 Å². The quantitative estimate of drug-likeness (QED) is 0.724. The van der Waals surface area contributed by atoms with Gasteiger partial charge in [-0.15, -0.1) is 0 Å². The molecule has 0 fully saturated rings. The number of amides is 2. The molecule has 0 radical (unpaired) electrons. The van der Waals surface area contributed by atoms with Crippen molar-refractivity contribution in [2.75, 3.05) is 5.32 Å². The third-order valence-electron chi connectivity index (χ3n) is 3.83. The minimum atomic E-state index is -0.562. The van der Waals surface area contributed by atoms with E-state index in [-0.39, 0.29) is 17.5 Å². The number of nitrogens with two attached hydrogens (primary N) is 1. The van der Waals surface area contributed by atoms with Gasteiger partial charge in [-0.3, -0.25) is 14.4 Å². The molecule has 2 amide bonds. The van der Waals surface area contributed by atoms with Crippen LogP contribution in [-0.2, 0) is 11.3 Å². The predicted octanol–water partition coefficient (Wildman–Crippen LogP) is 1.00. The number of rotatable bonds is 4. The van der Waals surface area contributed by atoms with Gasteiger partial charge in [0.05, 0.1) is 5.39 Å². The Morgan fingerprint density at radius 2 is 1.85 bits per heavy atom. The van der Waals surface area contributed by atoms with Crippen molar-refractivity contribution in [3.8, 4) is 0 Å². The summed E-state index contributed by atoms with van der Waals surface area (Å²) in [6.45, 7) is 1.41. The van der Waals surface area contributed by atoms with Crippen LogP contribution in [0.5, 0.6) is 0 Å². The molecule has 3 rings (SSSR count). The first-order valence-electron chi connectivity index (χ1n) is 7.69. The Kier molecular flexibility index (Phi) is 4.40. The van der Waals surface area contributed by atoms with Gasteiger partial charge < -0.3 is 20.0 Å². The molecular formula is C18H15N3O5. The lowest BCUT2D eigenvalue weighted by molar-refractivity contribution is -0.116. The summed E-state index contributed by atoms with van der Waals surface area (Å²) in [6.07, 6.45) is 1.39. The highest BCUT2D eigenvalue weighted by Crippen LogP contribution is 2.12. The van der Waals surface area contributed by atoms with Crippen LogP contribution >= 0.6 is 0 Å². The first-order chi connectivity index (χ1) is 12.3. The highest BCUT2D eigenvalue weighted by Gasteiger charge is 2.11. The van der Waals surface area contributed by atoms with E-state index in [2.05, 4.69) is 5.32 Å². The van der Waals surface area contributed by atoms with Crippen LogP contribution in [-0.4, -0.2) is 16.4 Å². The maximum Gasteiger partial charge on any atom is 0.336 e. The second-order valence-corrected chi connectivity index (χ2v) is 5.73. The summed E-state index contributed by atoms with van der Waals surface area (Å²) in [7, 11) is 0. The number of benzene rings is 1. The third kappa shape index (κ3) is 3.39. The molecule has 0 aliphatic carbocycles. The fourth-order valence-corrected chi connectivity index (χ4v) is 2.59. The summed E-state index contributed by atoms with van der Waals surface area (Å²) in [5.41, 5.74) is 5.65. The molecule has 0 unspecified atom stereocenters. The molecule has 0 saturated heterocycles. The van der Waals surface area contributed by atoms with E-state index in [1.165, 1.54) is 35.0 Å². The molecule has 2 heterocycles. The Hall–Kier alpha value is -3.68. The average molecular weight is 353 g/mol. The predicted molar refractivity (Wildman–Crippen MR) is 95.1 cm³/mol. The summed E-state index contributed by atoms with van der Waals surface area (Å²) >= 11 is 0. The average Bonchev–Trinajstić information content (AvgIpc) is 2.57. The van der Waals surface area contributed by atoms with Crippen LogP contribution in [0.15, 0.2) is 56.6 Å². The largest absolute Gasteiger partial charge is 0.422 e. The lowest BCUT2D eigenvalue weighted by Crippen LogP contribution is -2.28. The number of aryl methyl sites for hydroxylation is 1. The molecule has 0 atom stereocenters. The molecule has 0 bridgehead atoms.